The Balaban J connectivity index is 1.51. The third-order valence-corrected chi connectivity index (χ3v) is 6.40. The minimum atomic E-state index is -0.917. The van der Waals surface area contributed by atoms with E-state index in [1.54, 1.807) is 0 Å². The van der Waals surface area contributed by atoms with E-state index in [9.17, 15) is 8.78 Å². The molecule has 4 rings (SSSR count). The van der Waals surface area contributed by atoms with Gasteiger partial charge in [-0.1, -0.05) is 32.6 Å². The van der Waals surface area contributed by atoms with E-state index in [2.05, 4.69) is 42.7 Å². The van der Waals surface area contributed by atoms with Gasteiger partial charge in [0.1, 0.15) is 0 Å². The fourth-order valence-corrected chi connectivity index (χ4v) is 4.64. The summed E-state index contributed by atoms with van der Waals surface area (Å²) in [5, 5.41) is 9.83. The van der Waals surface area contributed by atoms with Gasteiger partial charge in [-0.2, -0.15) is 15.0 Å². The maximum absolute atomic E-state index is 13.7. The van der Waals surface area contributed by atoms with Crippen molar-refractivity contribution in [3.63, 3.8) is 0 Å². The van der Waals surface area contributed by atoms with E-state index < -0.39 is 11.6 Å². The number of aromatic nitrogens is 3. The predicted octanol–water partition coefficient (Wildman–Crippen LogP) is 4.92. The molecule has 1 aliphatic heterocycles. The number of benzene rings is 1. The second-order valence-corrected chi connectivity index (χ2v) is 8.70. The first-order chi connectivity index (χ1) is 15.6. The van der Waals surface area contributed by atoms with E-state index in [1.165, 1.54) is 38.2 Å². The van der Waals surface area contributed by atoms with E-state index >= 15 is 0 Å². The predicted molar refractivity (Wildman–Crippen MR) is 123 cm³/mol. The molecule has 1 aliphatic carbocycles. The highest BCUT2D eigenvalue weighted by Gasteiger charge is 2.23. The number of likely N-dealkylation sites (N-methyl/N-ethyl adjacent to an activating group) is 1. The van der Waals surface area contributed by atoms with Crippen molar-refractivity contribution in [1.29, 1.82) is 0 Å². The van der Waals surface area contributed by atoms with E-state index in [-0.39, 0.29) is 0 Å². The lowest BCUT2D eigenvalue weighted by Gasteiger charge is -2.23. The molecule has 32 heavy (non-hydrogen) atoms. The van der Waals surface area contributed by atoms with Crippen molar-refractivity contribution in [2.45, 2.75) is 70.4 Å². The molecule has 1 aromatic heterocycles. The van der Waals surface area contributed by atoms with Crippen molar-refractivity contribution in [2.75, 3.05) is 35.6 Å². The number of anilines is 4. The van der Waals surface area contributed by atoms with Gasteiger partial charge in [0.2, 0.25) is 17.8 Å². The molecule has 1 aromatic carbocycles. The lowest BCUT2D eigenvalue weighted by Crippen LogP contribution is -2.35. The summed E-state index contributed by atoms with van der Waals surface area (Å²) < 4.78 is 27.0. The summed E-state index contributed by atoms with van der Waals surface area (Å²) >= 11 is 0. The molecule has 1 saturated heterocycles. The van der Waals surface area contributed by atoms with Crippen LogP contribution in [-0.4, -0.2) is 51.6 Å². The van der Waals surface area contributed by atoms with Crippen molar-refractivity contribution in [2.24, 2.45) is 0 Å². The van der Waals surface area contributed by atoms with Gasteiger partial charge in [0.15, 0.2) is 11.6 Å². The van der Waals surface area contributed by atoms with Gasteiger partial charge in [-0.15, -0.1) is 0 Å². The summed E-state index contributed by atoms with van der Waals surface area (Å²) in [7, 11) is 0. The van der Waals surface area contributed by atoms with Crippen LogP contribution in [0.15, 0.2) is 18.2 Å². The number of nitrogens with one attached hydrogen (secondary N) is 3. The summed E-state index contributed by atoms with van der Waals surface area (Å²) in [5.41, 5.74) is 0.384. The van der Waals surface area contributed by atoms with Crippen LogP contribution in [0.2, 0.25) is 0 Å². The molecular formula is C23H33F2N7. The minimum absolute atomic E-state index is 0.295. The Hall–Kier alpha value is -2.55. The van der Waals surface area contributed by atoms with E-state index in [4.69, 9.17) is 0 Å². The molecule has 1 saturated carbocycles. The highest BCUT2D eigenvalue weighted by atomic mass is 19.2. The molecule has 7 nitrogen and oxygen atoms in total. The Bertz CT molecular complexity index is 887. The lowest BCUT2D eigenvalue weighted by molar-refractivity contribution is 0.277. The first-order valence-corrected chi connectivity index (χ1v) is 11.8. The smallest absolute Gasteiger partial charge is 0.233 e. The minimum Gasteiger partial charge on any atom is -0.352 e. The van der Waals surface area contributed by atoms with E-state index in [0.29, 0.717) is 35.6 Å². The fourth-order valence-electron chi connectivity index (χ4n) is 4.64. The first kappa shape index (κ1) is 22.6. The molecule has 2 aromatic rings. The number of rotatable bonds is 8. The van der Waals surface area contributed by atoms with Gasteiger partial charge in [0.05, 0.1) is 0 Å². The first-order valence-electron chi connectivity index (χ1n) is 11.8. The fraction of sp³-hybridized carbons (Fsp3) is 0.609. The third-order valence-electron chi connectivity index (χ3n) is 6.40. The Morgan fingerprint density at radius 1 is 0.906 bits per heavy atom. The Morgan fingerprint density at radius 3 is 2.41 bits per heavy atom. The van der Waals surface area contributed by atoms with Gasteiger partial charge in [-0.3, -0.25) is 4.90 Å². The Kier molecular flexibility index (Phi) is 7.68. The van der Waals surface area contributed by atoms with Crippen molar-refractivity contribution in [1.82, 2.24) is 19.9 Å². The second kappa shape index (κ2) is 10.8. The monoisotopic (exact) mass is 445 g/mol. The van der Waals surface area contributed by atoms with Gasteiger partial charge in [0, 0.05) is 30.4 Å². The van der Waals surface area contributed by atoms with Crippen LogP contribution in [0.5, 0.6) is 0 Å². The largest absolute Gasteiger partial charge is 0.352 e. The van der Waals surface area contributed by atoms with Gasteiger partial charge in [-0.05, 0) is 50.9 Å². The lowest BCUT2D eigenvalue weighted by atomic mass is 10.1. The summed E-state index contributed by atoms with van der Waals surface area (Å²) in [4.78, 5) is 16.1. The van der Waals surface area contributed by atoms with Gasteiger partial charge < -0.3 is 16.0 Å². The molecule has 1 atom stereocenters. The number of hydrogen-bond donors (Lipinski definition) is 3. The summed E-state index contributed by atoms with van der Waals surface area (Å²) in [6, 6.07) is 4.43. The molecule has 174 valence electrons. The zero-order chi connectivity index (χ0) is 22.3. The number of nitrogens with zero attached hydrogens (tertiary/aromatic N) is 4. The van der Waals surface area contributed by atoms with Crippen LogP contribution in [-0.2, 0) is 0 Å². The Labute approximate surface area is 188 Å². The average molecular weight is 446 g/mol. The molecular weight excluding hydrogens is 412 g/mol. The van der Waals surface area contributed by atoms with Crippen LogP contribution in [0.25, 0.3) is 0 Å². The SMILES string of the molecule is CCN1CCCC1CNc1nc(Nc2ccc(F)c(F)c2)nc(NC2CCCCCC2)n1. The molecule has 0 spiro atoms. The van der Waals surface area contributed by atoms with Crippen LogP contribution in [0, 0.1) is 11.6 Å². The highest BCUT2D eigenvalue weighted by molar-refractivity contribution is 5.55. The molecule has 9 heteroatoms. The zero-order valence-corrected chi connectivity index (χ0v) is 18.7. The maximum atomic E-state index is 13.7. The topological polar surface area (TPSA) is 78.0 Å². The summed E-state index contributed by atoms with van der Waals surface area (Å²) in [6.07, 6.45) is 9.46. The molecule has 1 unspecified atom stereocenters. The zero-order valence-electron chi connectivity index (χ0n) is 18.7. The number of halogens is 2. The van der Waals surface area contributed by atoms with Crippen molar-refractivity contribution in [3.05, 3.63) is 29.8 Å². The summed E-state index contributed by atoms with van der Waals surface area (Å²) in [5.74, 6) is -0.535. The van der Waals surface area contributed by atoms with Crippen molar-refractivity contribution in [3.8, 4) is 0 Å². The Morgan fingerprint density at radius 2 is 1.66 bits per heavy atom. The second-order valence-electron chi connectivity index (χ2n) is 8.70. The molecule has 0 radical (unpaired) electrons. The normalized spacial score (nSPS) is 20.2. The van der Waals surface area contributed by atoms with Crippen LogP contribution in [0.3, 0.4) is 0 Å². The van der Waals surface area contributed by atoms with E-state index in [0.717, 1.165) is 51.0 Å². The average Bonchev–Trinajstić information content (AvgIpc) is 3.09. The molecule has 2 fully saturated rings. The standard InChI is InChI=1S/C23H33F2N7/c1-2-32-13-7-10-18(32)15-26-21-29-22(27-16-8-5-3-4-6-9-16)31-23(30-21)28-17-11-12-19(24)20(25)14-17/h11-12,14,16,18H,2-10,13,15H2,1H3,(H3,26,27,28,29,30,31). The van der Waals surface area contributed by atoms with Gasteiger partial charge in [-0.25, -0.2) is 8.78 Å². The molecule has 2 heterocycles. The maximum Gasteiger partial charge on any atom is 0.233 e. The highest BCUT2D eigenvalue weighted by Crippen LogP contribution is 2.23. The molecule has 3 N–H and O–H groups in total. The molecule has 2 aliphatic rings. The van der Waals surface area contributed by atoms with Crippen LogP contribution in [0.4, 0.5) is 32.3 Å². The third kappa shape index (κ3) is 6.03. The van der Waals surface area contributed by atoms with Crippen molar-refractivity contribution < 1.29 is 8.78 Å². The van der Waals surface area contributed by atoms with Crippen molar-refractivity contribution >= 4 is 23.5 Å². The van der Waals surface area contributed by atoms with Crippen LogP contribution in [0.1, 0.15) is 58.3 Å². The summed E-state index contributed by atoms with van der Waals surface area (Å²) in [6.45, 7) is 5.09. The van der Waals surface area contributed by atoms with Crippen LogP contribution < -0.4 is 16.0 Å². The van der Waals surface area contributed by atoms with Crippen LogP contribution >= 0.6 is 0 Å². The number of hydrogen-bond acceptors (Lipinski definition) is 7. The van der Waals surface area contributed by atoms with Gasteiger partial charge >= 0.3 is 0 Å². The van der Waals surface area contributed by atoms with Gasteiger partial charge in [0.25, 0.3) is 0 Å². The number of likely N-dealkylation sites (tertiary alicyclic amines) is 1. The molecule has 0 bridgehead atoms. The molecule has 0 amide bonds. The quantitative estimate of drug-likeness (QED) is 0.498. The van der Waals surface area contributed by atoms with E-state index in [1.807, 2.05) is 0 Å².